The standard InChI is InChI=1S/C28H35FN6O3S/c1-20-18-23(7-10-25(20)29)31-26-11-14-30-27(33-26)32-22-5-8-24(9-6-22)39(37,38)35-16-12-28(36,13-17-35)19-34-15-3-4-21(34)2/h5-11,14,18,21,36H,3-4,12-13,15-17,19H2,1-2H3,(H2,30,31,32,33)/t21-/m1/s1. The number of piperidine rings is 1. The molecule has 0 aliphatic carbocycles. The maximum absolute atomic E-state index is 13.5. The number of rotatable bonds is 8. The highest BCUT2D eigenvalue weighted by molar-refractivity contribution is 7.89. The number of benzene rings is 2. The molecule has 3 aromatic rings. The number of nitrogens with one attached hydrogen (secondary N) is 2. The number of β-amino-alcohol motifs (C(OH)–C–C–N with tert-alkyl or cyclic N) is 1. The van der Waals surface area contributed by atoms with Crippen molar-refractivity contribution in [1.29, 1.82) is 0 Å². The van der Waals surface area contributed by atoms with Gasteiger partial charge in [-0.15, -0.1) is 0 Å². The lowest BCUT2D eigenvalue weighted by Crippen LogP contribution is -2.52. The van der Waals surface area contributed by atoms with Gasteiger partial charge in [0.05, 0.1) is 10.5 Å². The zero-order chi connectivity index (χ0) is 27.6. The van der Waals surface area contributed by atoms with Crippen molar-refractivity contribution >= 4 is 33.2 Å². The van der Waals surface area contributed by atoms with Crippen molar-refractivity contribution < 1.29 is 17.9 Å². The Balaban J connectivity index is 1.20. The highest BCUT2D eigenvalue weighted by Crippen LogP contribution is 2.30. The molecule has 39 heavy (non-hydrogen) atoms. The van der Waals surface area contributed by atoms with Crippen molar-refractivity contribution in [2.75, 3.05) is 36.8 Å². The van der Waals surface area contributed by atoms with E-state index in [1.165, 1.54) is 10.4 Å². The van der Waals surface area contributed by atoms with E-state index in [0.29, 0.717) is 67.2 Å². The summed E-state index contributed by atoms with van der Waals surface area (Å²) in [6, 6.07) is 13.4. The maximum Gasteiger partial charge on any atom is 0.243 e. The number of halogens is 1. The Hall–Kier alpha value is -3.12. The first-order chi connectivity index (χ1) is 18.6. The summed E-state index contributed by atoms with van der Waals surface area (Å²) in [5.74, 6) is 0.587. The molecule has 9 nitrogen and oxygen atoms in total. The molecule has 1 atom stereocenters. The zero-order valence-electron chi connectivity index (χ0n) is 22.3. The van der Waals surface area contributed by atoms with E-state index < -0.39 is 15.6 Å². The second-order valence-corrected chi connectivity index (χ2v) is 12.5. The molecule has 0 amide bonds. The lowest BCUT2D eigenvalue weighted by molar-refractivity contribution is -0.0342. The number of nitrogens with zero attached hydrogens (tertiary/aromatic N) is 4. The summed E-state index contributed by atoms with van der Waals surface area (Å²) in [7, 11) is -3.67. The van der Waals surface area contributed by atoms with Gasteiger partial charge in [0.15, 0.2) is 0 Å². The molecule has 2 fully saturated rings. The van der Waals surface area contributed by atoms with Gasteiger partial charge in [0.25, 0.3) is 0 Å². The number of aliphatic hydroxyl groups is 1. The van der Waals surface area contributed by atoms with Crippen LogP contribution in [0.1, 0.15) is 38.2 Å². The van der Waals surface area contributed by atoms with Crippen LogP contribution < -0.4 is 10.6 Å². The number of hydrogen-bond acceptors (Lipinski definition) is 8. The Morgan fingerprint density at radius 3 is 2.44 bits per heavy atom. The van der Waals surface area contributed by atoms with Crippen LogP contribution in [0.5, 0.6) is 0 Å². The van der Waals surface area contributed by atoms with Crippen LogP contribution in [0.15, 0.2) is 59.6 Å². The molecular weight excluding hydrogens is 519 g/mol. The van der Waals surface area contributed by atoms with Crippen molar-refractivity contribution in [1.82, 2.24) is 19.2 Å². The van der Waals surface area contributed by atoms with E-state index in [2.05, 4.69) is 32.4 Å². The summed E-state index contributed by atoms with van der Waals surface area (Å²) < 4.78 is 41.6. The van der Waals surface area contributed by atoms with Crippen molar-refractivity contribution in [2.24, 2.45) is 0 Å². The number of likely N-dealkylation sites (tertiary alicyclic amines) is 1. The molecule has 0 bridgehead atoms. The highest BCUT2D eigenvalue weighted by atomic mass is 32.2. The van der Waals surface area contributed by atoms with Gasteiger partial charge in [0.2, 0.25) is 16.0 Å². The second kappa shape index (κ2) is 11.2. The van der Waals surface area contributed by atoms with E-state index in [1.807, 2.05) is 0 Å². The van der Waals surface area contributed by atoms with Crippen LogP contribution in [0.4, 0.5) is 27.5 Å². The van der Waals surface area contributed by atoms with E-state index in [4.69, 9.17) is 0 Å². The third-order valence-corrected chi connectivity index (χ3v) is 9.59. The van der Waals surface area contributed by atoms with Crippen molar-refractivity contribution in [3.63, 3.8) is 0 Å². The smallest absolute Gasteiger partial charge is 0.243 e. The largest absolute Gasteiger partial charge is 0.388 e. The number of aromatic nitrogens is 2. The fraction of sp³-hybridized carbons (Fsp3) is 0.429. The molecule has 1 aromatic heterocycles. The van der Waals surface area contributed by atoms with Crippen LogP contribution in [0.2, 0.25) is 0 Å². The monoisotopic (exact) mass is 554 g/mol. The first-order valence-electron chi connectivity index (χ1n) is 13.3. The van der Waals surface area contributed by atoms with E-state index in [0.717, 1.165) is 19.4 Å². The van der Waals surface area contributed by atoms with Gasteiger partial charge < -0.3 is 15.7 Å². The SMILES string of the molecule is Cc1cc(Nc2ccnc(Nc3ccc(S(=O)(=O)N4CCC(O)(CN5CCC[C@H]5C)CC4)cc3)n2)ccc1F. The molecule has 3 heterocycles. The van der Waals surface area contributed by atoms with Gasteiger partial charge in [-0.25, -0.2) is 17.8 Å². The Labute approximate surface area is 229 Å². The lowest BCUT2D eigenvalue weighted by Gasteiger charge is -2.40. The van der Waals surface area contributed by atoms with Crippen molar-refractivity contribution in [3.8, 4) is 0 Å². The molecule has 0 saturated carbocycles. The average molecular weight is 555 g/mol. The van der Waals surface area contributed by atoms with Gasteiger partial charge in [-0.2, -0.15) is 9.29 Å². The minimum atomic E-state index is -3.67. The molecule has 2 aliphatic rings. The summed E-state index contributed by atoms with van der Waals surface area (Å²) in [5, 5.41) is 17.3. The fourth-order valence-electron chi connectivity index (χ4n) is 5.25. The van der Waals surface area contributed by atoms with Crippen LogP contribution in [-0.2, 0) is 10.0 Å². The summed E-state index contributed by atoms with van der Waals surface area (Å²) in [4.78, 5) is 11.2. The minimum Gasteiger partial charge on any atom is -0.388 e. The first kappa shape index (κ1) is 27.4. The number of sulfonamides is 1. The average Bonchev–Trinajstić information content (AvgIpc) is 3.30. The lowest BCUT2D eigenvalue weighted by atomic mass is 9.91. The van der Waals surface area contributed by atoms with Gasteiger partial charge in [-0.3, -0.25) is 4.90 Å². The summed E-state index contributed by atoms with van der Waals surface area (Å²) in [5.41, 5.74) is 1.02. The molecule has 2 aromatic carbocycles. The minimum absolute atomic E-state index is 0.203. The van der Waals surface area contributed by atoms with Crippen LogP contribution in [-0.4, -0.2) is 70.5 Å². The quantitative estimate of drug-likeness (QED) is 0.376. The molecule has 0 radical (unpaired) electrons. The molecule has 2 saturated heterocycles. The zero-order valence-corrected chi connectivity index (χ0v) is 23.1. The number of hydrogen-bond donors (Lipinski definition) is 3. The number of aryl methyl sites for hydroxylation is 1. The summed E-state index contributed by atoms with van der Waals surface area (Å²) in [6.07, 6.45) is 4.73. The maximum atomic E-state index is 13.5. The van der Waals surface area contributed by atoms with Crippen LogP contribution in [0, 0.1) is 12.7 Å². The molecule has 0 unspecified atom stereocenters. The number of anilines is 4. The Morgan fingerprint density at radius 1 is 1.05 bits per heavy atom. The van der Waals surface area contributed by atoms with Crippen LogP contribution in [0.3, 0.4) is 0 Å². The molecular formula is C28H35FN6O3S. The molecule has 2 aliphatic heterocycles. The molecule has 11 heteroatoms. The van der Waals surface area contributed by atoms with Crippen molar-refractivity contribution in [3.05, 3.63) is 66.1 Å². The highest BCUT2D eigenvalue weighted by Gasteiger charge is 2.39. The van der Waals surface area contributed by atoms with Gasteiger partial charge >= 0.3 is 0 Å². The van der Waals surface area contributed by atoms with E-state index in [9.17, 15) is 17.9 Å². The van der Waals surface area contributed by atoms with E-state index in [1.54, 1.807) is 55.6 Å². The Kier molecular flexibility index (Phi) is 7.86. The third kappa shape index (κ3) is 6.38. The van der Waals surface area contributed by atoms with Crippen LogP contribution in [0.25, 0.3) is 0 Å². The summed E-state index contributed by atoms with van der Waals surface area (Å²) >= 11 is 0. The third-order valence-electron chi connectivity index (χ3n) is 7.68. The molecule has 5 rings (SSSR count). The van der Waals surface area contributed by atoms with Crippen molar-refractivity contribution in [2.45, 2.75) is 56.1 Å². The normalized spacial score (nSPS) is 20.2. The van der Waals surface area contributed by atoms with Gasteiger partial charge in [-0.1, -0.05) is 0 Å². The van der Waals surface area contributed by atoms with Gasteiger partial charge in [0, 0.05) is 43.2 Å². The predicted molar refractivity (Wildman–Crippen MR) is 149 cm³/mol. The Morgan fingerprint density at radius 2 is 1.77 bits per heavy atom. The van der Waals surface area contributed by atoms with Crippen LogP contribution >= 0.6 is 0 Å². The van der Waals surface area contributed by atoms with Gasteiger partial charge in [0.1, 0.15) is 11.6 Å². The van der Waals surface area contributed by atoms with Gasteiger partial charge in [-0.05, 0) is 100 Å². The summed E-state index contributed by atoms with van der Waals surface area (Å²) in [6.45, 7) is 6.06. The fourth-order valence-corrected chi connectivity index (χ4v) is 6.70. The first-order valence-corrected chi connectivity index (χ1v) is 14.8. The molecule has 3 N–H and O–H groups in total. The Bertz CT molecular complexity index is 1410. The molecule has 0 spiro atoms. The topological polar surface area (TPSA) is 111 Å². The van der Waals surface area contributed by atoms with E-state index in [-0.39, 0.29) is 10.7 Å². The second-order valence-electron chi connectivity index (χ2n) is 10.6. The molecule has 208 valence electrons. The predicted octanol–water partition coefficient (Wildman–Crippen LogP) is 4.41. The van der Waals surface area contributed by atoms with E-state index >= 15 is 0 Å².